The zero-order valence-corrected chi connectivity index (χ0v) is 11.3. The van der Waals surface area contributed by atoms with Gasteiger partial charge in [0.05, 0.1) is 6.42 Å². The number of hydrogen-bond donors (Lipinski definition) is 2. The Labute approximate surface area is 119 Å². The summed E-state index contributed by atoms with van der Waals surface area (Å²) < 4.78 is 40.4. The Morgan fingerprint density at radius 1 is 1.14 bits per heavy atom. The first-order valence-electron chi connectivity index (χ1n) is 6.01. The summed E-state index contributed by atoms with van der Waals surface area (Å²) in [6, 6.07) is 6.21. The summed E-state index contributed by atoms with van der Waals surface area (Å²) in [7, 11) is 1.39. The number of ether oxygens (including phenoxy) is 1. The van der Waals surface area contributed by atoms with Crippen molar-refractivity contribution in [2.24, 2.45) is 0 Å². The Hall–Kier alpha value is -2.09. The van der Waals surface area contributed by atoms with Gasteiger partial charge in [-0.25, -0.2) is 0 Å². The van der Waals surface area contributed by atoms with Gasteiger partial charge in [0.25, 0.3) is 0 Å². The summed E-state index contributed by atoms with van der Waals surface area (Å²) in [6.07, 6.45) is -4.59. The van der Waals surface area contributed by atoms with E-state index in [9.17, 15) is 22.8 Å². The Morgan fingerprint density at radius 2 is 1.76 bits per heavy atom. The lowest BCUT2D eigenvalue weighted by Crippen LogP contribution is -2.34. The fourth-order valence-electron chi connectivity index (χ4n) is 1.48. The standard InChI is InChI=1S/C13H15F3N2O3/c1-21-7-12(20)18-10-4-2-9(3-5-10)6-11(19)17-8-13(14,15)16/h2-5H,6-8H2,1H3,(H,17,19)(H,18,20). The predicted molar refractivity (Wildman–Crippen MR) is 69.7 cm³/mol. The molecule has 0 fully saturated rings. The highest BCUT2D eigenvalue weighted by atomic mass is 19.4. The topological polar surface area (TPSA) is 67.4 Å². The van der Waals surface area contributed by atoms with Crippen LogP contribution in [0.4, 0.5) is 18.9 Å². The quantitative estimate of drug-likeness (QED) is 0.837. The van der Waals surface area contributed by atoms with E-state index in [1.54, 1.807) is 29.6 Å². The van der Waals surface area contributed by atoms with Gasteiger partial charge in [0.2, 0.25) is 11.8 Å². The molecule has 0 saturated heterocycles. The molecule has 116 valence electrons. The monoisotopic (exact) mass is 304 g/mol. The molecule has 2 N–H and O–H groups in total. The molecule has 0 aliphatic rings. The lowest BCUT2D eigenvalue weighted by Gasteiger charge is -2.09. The van der Waals surface area contributed by atoms with E-state index in [1.165, 1.54) is 7.11 Å². The Balaban J connectivity index is 2.47. The van der Waals surface area contributed by atoms with E-state index < -0.39 is 18.6 Å². The Kier molecular flexibility index (Phi) is 6.16. The van der Waals surface area contributed by atoms with E-state index in [0.29, 0.717) is 11.3 Å². The van der Waals surface area contributed by atoms with Gasteiger partial charge in [0.15, 0.2) is 0 Å². The van der Waals surface area contributed by atoms with E-state index in [4.69, 9.17) is 0 Å². The van der Waals surface area contributed by atoms with E-state index in [1.807, 2.05) is 0 Å². The van der Waals surface area contributed by atoms with Crippen LogP contribution in [0.2, 0.25) is 0 Å². The number of nitrogens with one attached hydrogen (secondary N) is 2. The average molecular weight is 304 g/mol. The number of carbonyl (C=O) groups excluding carboxylic acids is 2. The third-order valence-electron chi connectivity index (χ3n) is 2.36. The van der Waals surface area contributed by atoms with Crippen LogP contribution in [0.5, 0.6) is 0 Å². The lowest BCUT2D eigenvalue weighted by molar-refractivity contribution is -0.138. The second kappa shape index (κ2) is 7.63. The molecule has 0 atom stereocenters. The highest BCUT2D eigenvalue weighted by Gasteiger charge is 2.27. The molecule has 1 aromatic carbocycles. The van der Waals surface area contributed by atoms with Crippen LogP contribution < -0.4 is 10.6 Å². The number of benzene rings is 1. The third-order valence-corrected chi connectivity index (χ3v) is 2.36. The van der Waals surface area contributed by atoms with Crippen molar-refractivity contribution in [2.45, 2.75) is 12.6 Å². The summed E-state index contributed by atoms with van der Waals surface area (Å²) in [6.45, 7) is -1.43. The molecule has 5 nitrogen and oxygen atoms in total. The van der Waals surface area contributed by atoms with Gasteiger partial charge in [-0.2, -0.15) is 13.2 Å². The molecule has 1 aromatic rings. The molecule has 0 unspecified atom stereocenters. The van der Waals surface area contributed by atoms with Crippen molar-refractivity contribution in [1.82, 2.24) is 5.32 Å². The molecular formula is C13H15F3N2O3. The largest absolute Gasteiger partial charge is 0.405 e. The zero-order valence-electron chi connectivity index (χ0n) is 11.3. The maximum absolute atomic E-state index is 11.9. The van der Waals surface area contributed by atoms with Gasteiger partial charge in [-0.05, 0) is 17.7 Å². The highest BCUT2D eigenvalue weighted by molar-refractivity contribution is 5.91. The van der Waals surface area contributed by atoms with Crippen molar-refractivity contribution in [3.05, 3.63) is 29.8 Å². The van der Waals surface area contributed by atoms with Crippen molar-refractivity contribution in [1.29, 1.82) is 0 Å². The minimum atomic E-state index is -4.43. The second-order valence-electron chi connectivity index (χ2n) is 4.25. The number of rotatable bonds is 6. The number of methoxy groups -OCH3 is 1. The van der Waals surface area contributed by atoms with Crippen LogP contribution in [0.1, 0.15) is 5.56 Å². The van der Waals surface area contributed by atoms with Crippen LogP contribution in [0, 0.1) is 0 Å². The first-order chi connectivity index (χ1) is 9.80. The summed E-state index contributed by atoms with van der Waals surface area (Å²) in [5.74, 6) is -1.04. The van der Waals surface area contributed by atoms with Gasteiger partial charge in [0.1, 0.15) is 13.2 Å². The fraction of sp³-hybridized carbons (Fsp3) is 0.385. The number of hydrogen-bond acceptors (Lipinski definition) is 3. The molecule has 0 saturated carbocycles. The van der Waals surface area contributed by atoms with Crippen LogP contribution >= 0.6 is 0 Å². The molecule has 0 aliphatic carbocycles. The van der Waals surface area contributed by atoms with E-state index in [0.717, 1.165) is 0 Å². The SMILES string of the molecule is COCC(=O)Nc1ccc(CC(=O)NCC(F)(F)F)cc1. The van der Waals surface area contributed by atoms with Crippen LogP contribution in [-0.4, -0.2) is 38.3 Å². The molecular weight excluding hydrogens is 289 g/mol. The third kappa shape index (κ3) is 7.31. The number of alkyl halides is 3. The maximum atomic E-state index is 11.9. The van der Waals surface area contributed by atoms with Crippen LogP contribution in [-0.2, 0) is 20.7 Å². The van der Waals surface area contributed by atoms with Gasteiger partial charge in [-0.3, -0.25) is 9.59 Å². The summed E-state index contributed by atoms with van der Waals surface area (Å²) in [4.78, 5) is 22.6. The molecule has 2 amide bonds. The minimum absolute atomic E-state index is 0.0817. The molecule has 0 heterocycles. The first-order valence-corrected chi connectivity index (χ1v) is 6.01. The molecule has 0 spiro atoms. The van der Waals surface area contributed by atoms with Gasteiger partial charge in [0, 0.05) is 12.8 Å². The predicted octanol–water partition coefficient (Wildman–Crippen LogP) is 1.49. The molecule has 0 bridgehead atoms. The zero-order chi connectivity index (χ0) is 15.9. The molecule has 0 aliphatic heterocycles. The van der Waals surface area contributed by atoms with Gasteiger partial charge >= 0.3 is 6.18 Å². The fourth-order valence-corrected chi connectivity index (χ4v) is 1.48. The van der Waals surface area contributed by atoms with Crippen LogP contribution in [0.15, 0.2) is 24.3 Å². The smallest absolute Gasteiger partial charge is 0.375 e. The summed E-state index contributed by atoms with van der Waals surface area (Å²) in [5, 5.41) is 4.34. The highest BCUT2D eigenvalue weighted by Crippen LogP contribution is 2.13. The second-order valence-corrected chi connectivity index (χ2v) is 4.25. The number of halogens is 3. The van der Waals surface area contributed by atoms with Crippen molar-refractivity contribution in [3.63, 3.8) is 0 Å². The summed E-state index contributed by atoms with van der Waals surface area (Å²) in [5.41, 5.74) is 1.05. The minimum Gasteiger partial charge on any atom is -0.375 e. The summed E-state index contributed by atoms with van der Waals surface area (Å²) >= 11 is 0. The van der Waals surface area contributed by atoms with Crippen LogP contribution in [0.3, 0.4) is 0 Å². The Bertz CT molecular complexity index is 486. The average Bonchev–Trinajstić information content (AvgIpc) is 2.38. The van der Waals surface area contributed by atoms with E-state index in [-0.39, 0.29) is 18.9 Å². The maximum Gasteiger partial charge on any atom is 0.405 e. The first kappa shape index (κ1) is 17.0. The van der Waals surface area contributed by atoms with Crippen molar-refractivity contribution in [2.75, 3.05) is 25.6 Å². The normalized spacial score (nSPS) is 11.0. The van der Waals surface area contributed by atoms with Crippen LogP contribution in [0.25, 0.3) is 0 Å². The Morgan fingerprint density at radius 3 is 2.29 bits per heavy atom. The van der Waals surface area contributed by atoms with Gasteiger partial charge < -0.3 is 15.4 Å². The number of carbonyl (C=O) groups is 2. The number of amides is 2. The lowest BCUT2D eigenvalue weighted by atomic mass is 10.1. The molecule has 8 heteroatoms. The molecule has 21 heavy (non-hydrogen) atoms. The molecule has 0 radical (unpaired) electrons. The van der Waals surface area contributed by atoms with E-state index in [2.05, 4.69) is 10.1 Å². The molecule has 0 aromatic heterocycles. The van der Waals surface area contributed by atoms with E-state index >= 15 is 0 Å². The van der Waals surface area contributed by atoms with Crippen molar-refractivity contribution < 1.29 is 27.5 Å². The molecule has 1 rings (SSSR count). The number of anilines is 1. The van der Waals surface area contributed by atoms with Gasteiger partial charge in [-0.15, -0.1) is 0 Å². The van der Waals surface area contributed by atoms with Crippen molar-refractivity contribution >= 4 is 17.5 Å². The van der Waals surface area contributed by atoms with Crippen molar-refractivity contribution in [3.8, 4) is 0 Å². The van der Waals surface area contributed by atoms with Gasteiger partial charge in [-0.1, -0.05) is 12.1 Å².